The first-order valence-corrected chi connectivity index (χ1v) is 10.4. The number of likely N-dealkylation sites (tertiary alicyclic amines) is 1. The number of ether oxygens (including phenoxy) is 2. The lowest BCUT2D eigenvalue weighted by Gasteiger charge is -2.42. The predicted molar refractivity (Wildman–Crippen MR) is 101 cm³/mol. The van der Waals surface area contributed by atoms with Crippen molar-refractivity contribution in [3.8, 4) is 0 Å². The van der Waals surface area contributed by atoms with E-state index in [4.69, 9.17) is 9.47 Å². The number of piperidine rings is 1. The maximum absolute atomic E-state index is 11.8. The summed E-state index contributed by atoms with van der Waals surface area (Å²) in [5.41, 5.74) is 0.497. The number of carbonyl (C=O) groups is 1. The molecule has 1 saturated heterocycles. The Kier molecular flexibility index (Phi) is 6.00. The minimum Gasteiger partial charge on any atom is -0.466 e. The smallest absolute Gasteiger partial charge is 0.309 e. The number of rotatable bonds is 7. The SMILES string of the molecule is CCOC(=O)C1CCN(C[C@H](O)CO[C@@H]2C(C)(C)[C@H]3CC[C@@]2(C)C3)CC1. The van der Waals surface area contributed by atoms with Gasteiger partial charge < -0.3 is 19.5 Å². The number of fused-ring (bicyclic) bond motifs is 2. The van der Waals surface area contributed by atoms with Crippen molar-refractivity contribution in [2.24, 2.45) is 22.7 Å². The van der Waals surface area contributed by atoms with Crippen LogP contribution in [0.25, 0.3) is 0 Å². The molecule has 5 heteroatoms. The van der Waals surface area contributed by atoms with E-state index in [9.17, 15) is 9.90 Å². The van der Waals surface area contributed by atoms with Gasteiger partial charge in [-0.3, -0.25) is 4.79 Å². The molecule has 0 aromatic rings. The average molecular weight is 368 g/mol. The van der Waals surface area contributed by atoms with Crippen LogP contribution in [0, 0.1) is 22.7 Å². The predicted octanol–water partition coefficient (Wildman–Crippen LogP) is 2.85. The molecule has 3 aliphatic rings. The van der Waals surface area contributed by atoms with Gasteiger partial charge in [-0.1, -0.05) is 20.8 Å². The van der Waals surface area contributed by atoms with Gasteiger partial charge in [0.1, 0.15) is 0 Å². The molecule has 0 aromatic heterocycles. The Bertz CT molecular complexity index is 495. The van der Waals surface area contributed by atoms with Gasteiger partial charge in [-0.15, -0.1) is 0 Å². The molecule has 2 saturated carbocycles. The molecule has 5 nitrogen and oxygen atoms in total. The second-order valence-corrected chi connectivity index (χ2v) is 9.61. The number of aliphatic hydroxyl groups is 1. The highest BCUT2D eigenvalue weighted by Gasteiger charge is 2.60. The first-order chi connectivity index (χ1) is 12.3. The summed E-state index contributed by atoms with van der Waals surface area (Å²) in [5.74, 6) is 0.716. The summed E-state index contributed by atoms with van der Waals surface area (Å²) in [6.45, 7) is 12.0. The standard InChI is InChI=1S/C21H37NO4/c1-5-25-18(24)15-7-10-22(11-8-15)13-17(23)14-26-19-20(2,3)16-6-9-21(19,4)12-16/h15-17,19,23H,5-14H2,1-4H3/t16-,17-,19+,21-/m0/s1. The van der Waals surface area contributed by atoms with Crippen LogP contribution < -0.4 is 0 Å². The summed E-state index contributed by atoms with van der Waals surface area (Å²) in [4.78, 5) is 14.1. The Morgan fingerprint density at radius 2 is 1.92 bits per heavy atom. The molecule has 150 valence electrons. The summed E-state index contributed by atoms with van der Waals surface area (Å²) < 4.78 is 11.4. The van der Waals surface area contributed by atoms with Crippen molar-refractivity contribution in [2.75, 3.05) is 32.8 Å². The van der Waals surface area contributed by atoms with E-state index in [2.05, 4.69) is 25.7 Å². The quantitative estimate of drug-likeness (QED) is 0.701. The van der Waals surface area contributed by atoms with E-state index >= 15 is 0 Å². The molecule has 3 rings (SSSR count). The number of esters is 1. The lowest BCUT2D eigenvalue weighted by atomic mass is 9.70. The molecule has 0 amide bonds. The lowest BCUT2D eigenvalue weighted by Crippen LogP contribution is -2.46. The molecule has 0 radical (unpaired) electrons. The largest absolute Gasteiger partial charge is 0.466 e. The summed E-state index contributed by atoms with van der Waals surface area (Å²) in [7, 11) is 0. The summed E-state index contributed by atoms with van der Waals surface area (Å²) >= 11 is 0. The van der Waals surface area contributed by atoms with E-state index in [0.717, 1.165) is 31.8 Å². The molecule has 26 heavy (non-hydrogen) atoms. The van der Waals surface area contributed by atoms with Crippen molar-refractivity contribution >= 4 is 5.97 Å². The minimum absolute atomic E-state index is 0.0226. The van der Waals surface area contributed by atoms with Crippen molar-refractivity contribution in [3.05, 3.63) is 0 Å². The zero-order chi connectivity index (χ0) is 18.9. The number of hydrogen-bond acceptors (Lipinski definition) is 5. The highest BCUT2D eigenvalue weighted by atomic mass is 16.5. The van der Waals surface area contributed by atoms with Crippen molar-refractivity contribution < 1.29 is 19.4 Å². The number of nitrogens with zero attached hydrogens (tertiary/aromatic N) is 1. The van der Waals surface area contributed by atoms with Crippen LogP contribution in [-0.2, 0) is 14.3 Å². The van der Waals surface area contributed by atoms with Gasteiger partial charge in [0.15, 0.2) is 0 Å². The minimum atomic E-state index is -0.465. The Balaban J connectivity index is 1.41. The van der Waals surface area contributed by atoms with Crippen LogP contribution in [0.4, 0.5) is 0 Å². The first kappa shape index (κ1) is 20.1. The number of aliphatic hydroxyl groups excluding tert-OH is 1. The maximum Gasteiger partial charge on any atom is 0.309 e. The Morgan fingerprint density at radius 1 is 1.23 bits per heavy atom. The number of hydrogen-bond donors (Lipinski definition) is 1. The van der Waals surface area contributed by atoms with Crippen molar-refractivity contribution in [3.63, 3.8) is 0 Å². The molecule has 4 atom stereocenters. The second-order valence-electron chi connectivity index (χ2n) is 9.61. The van der Waals surface area contributed by atoms with Crippen molar-refractivity contribution in [1.82, 2.24) is 4.90 Å². The highest BCUT2D eigenvalue weighted by Crippen LogP contribution is 2.63. The fourth-order valence-corrected chi connectivity index (χ4v) is 5.84. The third-order valence-corrected chi connectivity index (χ3v) is 7.27. The average Bonchev–Trinajstić information content (AvgIpc) is 3.06. The zero-order valence-corrected chi connectivity index (χ0v) is 17.0. The van der Waals surface area contributed by atoms with Crippen LogP contribution >= 0.6 is 0 Å². The first-order valence-electron chi connectivity index (χ1n) is 10.4. The molecule has 1 N–H and O–H groups in total. The van der Waals surface area contributed by atoms with Gasteiger partial charge in [0, 0.05) is 6.54 Å². The Morgan fingerprint density at radius 3 is 2.50 bits per heavy atom. The second kappa shape index (κ2) is 7.76. The molecule has 1 heterocycles. The van der Waals surface area contributed by atoms with Gasteiger partial charge in [0.25, 0.3) is 0 Å². The van der Waals surface area contributed by atoms with Gasteiger partial charge in [-0.2, -0.15) is 0 Å². The van der Waals surface area contributed by atoms with Gasteiger partial charge in [0.2, 0.25) is 0 Å². The molecule has 1 aliphatic heterocycles. The maximum atomic E-state index is 11.8. The van der Waals surface area contributed by atoms with E-state index in [1.165, 1.54) is 19.3 Å². The molecular weight excluding hydrogens is 330 g/mol. The van der Waals surface area contributed by atoms with E-state index < -0.39 is 6.10 Å². The van der Waals surface area contributed by atoms with Crippen LogP contribution in [0.3, 0.4) is 0 Å². The van der Waals surface area contributed by atoms with E-state index in [0.29, 0.717) is 19.8 Å². The lowest BCUT2D eigenvalue weighted by molar-refractivity contribution is -0.149. The Hall–Kier alpha value is -0.650. The molecule has 2 bridgehead atoms. The fourth-order valence-electron chi connectivity index (χ4n) is 5.84. The van der Waals surface area contributed by atoms with Gasteiger partial charge >= 0.3 is 5.97 Å². The third kappa shape index (κ3) is 3.95. The van der Waals surface area contributed by atoms with E-state index in [1.807, 2.05) is 6.92 Å². The van der Waals surface area contributed by atoms with Crippen molar-refractivity contribution in [1.29, 1.82) is 0 Å². The molecule has 3 fully saturated rings. The molecular formula is C21H37NO4. The van der Waals surface area contributed by atoms with Crippen molar-refractivity contribution in [2.45, 2.75) is 72.0 Å². The molecule has 2 aliphatic carbocycles. The molecule has 0 spiro atoms. The van der Waals surface area contributed by atoms with Crippen LogP contribution in [0.15, 0.2) is 0 Å². The van der Waals surface area contributed by atoms with Crippen LogP contribution in [-0.4, -0.2) is 61.0 Å². The topological polar surface area (TPSA) is 59.0 Å². The normalized spacial score (nSPS) is 35.6. The Labute approximate surface area is 158 Å². The van der Waals surface area contributed by atoms with Gasteiger partial charge in [-0.05, 0) is 68.9 Å². The third-order valence-electron chi connectivity index (χ3n) is 7.27. The van der Waals surface area contributed by atoms with Crippen LogP contribution in [0.5, 0.6) is 0 Å². The van der Waals surface area contributed by atoms with Gasteiger partial charge in [0.05, 0.1) is 31.3 Å². The molecule has 0 unspecified atom stereocenters. The van der Waals surface area contributed by atoms with E-state index in [1.54, 1.807) is 0 Å². The monoisotopic (exact) mass is 367 g/mol. The summed E-state index contributed by atoms with van der Waals surface area (Å²) in [6, 6.07) is 0. The van der Waals surface area contributed by atoms with Crippen LogP contribution in [0.2, 0.25) is 0 Å². The van der Waals surface area contributed by atoms with Crippen LogP contribution in [0.1, 0.15) is 59.8 Å². The summed E-state index contributed by atoms with van der Waals surface area (Å²) in [5, 5.41) is 10.5. The zero-order valence-electron chi connectivity index (χ0n) is 17.0. The number of carbonyl (C=O) groups excluding carboxylic acids is 1. The van der Waals surface area contributed by atoms with E-state index in [-0.39, 0.29) is 28.8 Å². The fraction of sp³-hybridized carbons (Fsp3) is 0.952. The highest BCUT2D eigenvalue weighted by molar-refractivity contribution is 5.72. The molecule has 0 aromatic carbocycles. The number of β-amino-alcohol motifs (C(OH)–C–C–N with tert-alkyl or cyclic N) is 1. The summed E-state index contributed by atoms with van der Waals surface area (Å²) in [6.07, 6.45) is 5.27. The van der Waals surface area contributed by atoms with Gasteiger partial charge in [-0.25, -0.2) is 0 Å².